The second kappa shape index (κ2) is 7.03. The van der Waals surface area contributed by atoms with Gasteiger partial charge in [-0.05, 0) is 32.3 Å². The van der Waals surface area contributed by atoms with Crippen LogP contribution in [-0.2, 0) is 6.54 Å². The monoisotopic (exact) mass is 354 g/mol. The van der Waals surface area contributed by atoms with Gasteiger partial charge in [0.05, 0.1) is 12.1 Å². The molecule has 7 heteroatoms. The van der Waals surface area contributed by atoms with E-state index in [1.54, 1.807) is 11.8 Å². The number of nitrogens with zero attached hydrogens (tertiary/aromatic N) is 3. The Kier molecular flexibility index (Phi) is 4.61. The standard InChI is InChI=1S/C18H22N6S/c1-19-7-8-22-13-3-4-14-16-17(23-24(14)10-9-20-2)12-5-6-21-11-15(12)25-18(13)16/h3-6,11,19-20,22H,7-10H2,1-2H3. The maximum absolute atomic E-state index is 4.93. The minimum absolute atomic E-state index is 0.851. The molecule has 1 aromatic carbocycles. The smallest absolute Gasteiger partial charge is 0.103 e. The molecule has 4 rings (SSSR count). The molecule has 6 nitrogen and oxygen atoms in total. The lowest BCUT2D eigenvalue weighted by Crippen LogP contribution is -2.18. The van der Waals surface area contributed by atoms with Gasteiger partial charge < -0.3 is 16.0 Å². The Morgan fingerprint density at radius 3 is 2.80 bits per heavy atom. The number of likely N-dealkylation sites (N-methyl/N-ethyl adjacent to an activating group) is 2. The van der Waals surface area contributed by atoms with Gasteiger partial charge in [-0.2, -0.15) is 5.10 Å². The van der Waals surface area contributed by atoms with Crippen molar-refractivity contribution in [2.45, 2.75) is 16.3 Å². The molecule has 1 aliphatic heterocycles. The van der Waals surface area contributed by atoms with Gasteiger partial charge in [0.2, 0.25) is 0 Å². The first-order valence-corrected chi connectivity index (χ1v) is 9.34. The van der Waals surface area contributed by atoms with Gasteiger partial charge in [-0.1, -0.05) is 11.8 Å². The molecule has 0 atom stereocenters. The van der Waals surface area contributed by atoms with Crippen LogP contribution in [0.15, 0.2) is 40.4 Å². The number of nitrogens with one attached hydrogen (secondary N) is 3. The highest BCUT2D eigenvalue weighted by molar-refractivity contribution is 8.00. The summed E-state index contributed by atoms with van der Waals surface area (Å²) in [7, 11) is 3.94. The lowest BCUT2D eigenvalue weighted by molar-refractivity contribution is 0.602. The molecule has 0 unspecified atom stereocenters. The average Bonchev–Trinajstić information content (AvgIpc) is 3.02. The third-order valence-electron chi connectivity index (χ3n) is 4.39. The van der Waals surface area contributed by atoms with E-state index in [-0.39, 0.29) is 0 Å². The number of fused-ring (bicyclic) bond motifs is 2. The van der Waals surface area contributed by atoms with E-state index in [0.29, 0.717) is 0 Å². The van der Waals surface area contributed by atoms with Crippen LogP contribution in [0.4, 0.5) is 5.69 Å². The Morgan fingerprint density at radius 2 is 1.96 bits per heavy atom. The Morgan fingerprint density at radius 1 is 1.08 bits per heavy atom. The van der Waals surface area contributed by atoms with Gasteiger partial charge in [0.15, 0.2) is 0 Å². The highest BCUT2D eigenvalue weighted by Gasteiger charge is 2.25. The predicted octanol–water partition coefficient (Wildman–Crippen LogP) is 2.41. The first-order valence-electron chi connectivity index (χ1n) is 8.52. The average molecular weight is 354 g/mol. The zero-order valence-corrected chi connectivity index (χ0v) is 15.3. The third-order valence-corrected chi connectivity index (χ3v) is 5.56. The van der Waals surface area contributed by atoms with Crippen molar-refractivity contribution in [3.8, 4) is 11.3 Å². The van der Waals surface area contributed by atoms with Crippen molar-refractivity contribution in [1.82, 2.24) is 25.4 Å². The maximum Gasteiger partial charge on any atom is 0.103 e. The van der Waals surface area contributed by atoms with Gasteiger partial charge in [-0.25, -0.2) is 0 Å². The van der Waals surface area contributed by atoms with Crippen molar-refractivity contribution in [2.24, 2.45) is 0 Å². The summed E-state index contributed by atoms with van der Waals surface area (Å²) in [5.41, 5.74) is 4.59. The van der Waals surface area contributed by atoms with E-state index >= 15 is 0 Å². The van der Waals surface area contributed by atoms with Crippen LogP contribution in [0.2, 0.25) is 0 Å². The number of rotatable bonds is 7. The number of pyridine rings is 1. The lowest BCUT2D eigenvalue weighted by atomic mass is 10.1. The number of hydrogen-bond donors (Lipinski definition) is 3. The van der Waals surface area contributed by atoms with E-state index in [9.17, 15) is 0 Å². The summed E-state index contributed by atoms with van der Waals surface area (Å²) in [6.07, 6.45) is 3.78. The van der Waals surface area contributed by atoms with Gasteiger partial charge in [-0.15, -0.1) is 0 Å². The zero-order valence-electron chi connectivity index (χ0n) is 14.5. The first kappa shape index (κ1) is 16.4. The molecule has 25 heavy (non-hydrogen) atoms. The fraction of sp³-hybridized carbons (Fsp3) is 0.333. The number of hydrogen-bond acceptors (Lipinski definition) is 6. The van der Waals surface area contributed by atoms with Gasteiger partial charge in [-0.3, -0.25) is 9.67 Å². The van der Waals surface area contributed by atoms with Crippen molar-refractivity contribution in [3.05, 3.63) is 30.6 Å². The van der Waals surface area contributed by atoms with Gasteiger partial charge in [0, 0.05) is 58.5 Å². The molecule has 0 radical (unpaired) electrons. The molecule has 2 aromatic heterocycles. The van der Waals surface area contributed by atoms with Gasteiger partial charge in [0.1, 0.15) is 5.69 Å². The fourth-order valence-corrected chi connectivity index (χ4v) is 4.31. The Bertz CT molecular complexity index is 904. The minimum atomic E-state index is 0.851. The highest BCUT2D eigenvalue weighted by Crippen LogP contribution is 2.49. The molecule has 0 amide bonds. The Balaban J connectivity index is 1.86. The summed E-state index contributed by atoms with van der Waals surface area (Å²) in [6.45, 7) is 3.56. The van der Waals surface area contributed by atoms with Crippen LogP contribution in [0.25, 0.3) is 22.2 Å². The summed E-state index contributed by atoms with van der Waals surface area (Å²) in [5, 5.41) is 16.1. The number of anilines is 1. The van der Waals surface area contributed by atoms with Crippen molar-refractivity contribution < 1.29 is 0 Å². The van der Waals surface area contributed by atoms with E-state index < -0.39 is 0 Å². The molecule has 0 aliphatic carbocycles. The van der Waals surface area contributed by atoms with Crippen LogP contribution in [0.3, 0.4) is 0 Å². The molecule has 0 saturated heterocycles. The normalized spacial score (nSPS) is 12.4. The maximum atomic E-state index is 4.93. The molecular weight excluding hydrogens is 332 g/mol. The second-order valence-electron chi connectivity index (χ2n) is 6.02. The number of benzene rings is 1. The summed E-state index contributed by atoms with van der Waals surface area (Å²) in [4.78, 5) is 6.72. The van der Waals surface area contributed by atoms with Gasteiger partial charge in [0.25, 0.3) is 0 Å². The zero-order chi connectivity index (χ0) is 17.2. The molecule has 3 aromatic rings. The molecule has 0 bridgehead atoms. The summed E-state index contributed by atoms with van der Waals surface area (Å²) in [5.74, 6) is 0. The fourth-order valence-electron chi connectivity index (χ4n) is 3.15. The van der Waals surface area contributed by atoms with Crippen LogP contribution < -0.4 is 16.0 Å². The van der Waals surface area contributed by atoms with E-state index in [1.807, 2.05) is 26.5 Å². The summed E-state index contributed by atoms with van der Waals surface area (Å²) in [6, 6.07) is 6.42. The molecule has 0 spiro atoms. The van der Waals surface area contributed by atoms with E-state index in [0.717, 1.165) is 42.5 Å². The van der Waals surface area contributed by atoms with Crippen molar-refractivity contribution >= 4 is 28.4 Å². The summed E-state index contributed by atoms with van der Waals surface area (Å²) >= 11 is 1.78. The molecule has 0 saturated carbocycles. The van der Waals surface area contributed by atoms with Crippen molar-refractivity contribution in [2.75, 3.05) is 39.0 Å². The summed E-state index contributed by atoms with van der Waals surface area (Å²) < 4.78 is 2.11. The largest absolute Gasteiger partial charge is 0.383 e. The van der Waals surface area contributed by atoms with Crippen molar-refractivity contribution in [1.29, 1.82) is 0 Å². The van der Waals surface area contributed by atoms with Gasteiger partial charge >= 0.3 is 0 Å². The molecule has 0 fully saturated rings. The third kappa shape index (κ3) is 2.88. The van der Waals surface area contributed by atoms with Crippen LogP contribution in [0.5, 0.6) is 0 Å². The topological polar surface area (TPSA) is 66.8 Å². The van der Waals surface area contributed by atoms with E-state index in [4.69, 9.17) is 5.10 Å². The van der Waals surface area contributed by atoms with Crippen LogP contribution in [0.1, 0.15) is 0 Å². The SMILES string of the molecule is CNCCNc1ccc2c3c(nn2CCNC)-c2ccncc2Sc13. The lowest BCUT2D eigenvalue weighted by Gasteiger charge is -2.18. The van der Waals surface area contributed by atoms with Crippen LogP contribution >= 0.6 is 11.8 Å². The van der Waals surface area contributed by atoms with Crippen LogP contribution in [-0.4, -0.2) is 48.5 Å². The first-order chi connectivity index (χ1) is 12.3. The molecule has 1 aliphatic rings. The van der Waals surface area contributed by atoms with Crippen molar-refractivity contribution in [3.63, 3.8) is 0 Å². The minimum Gasteiger partial charge on any atom is -0.383 e. The Labute approximate surface area is 151 Å². The van der Waals surface area contributed by atoms with E-state index in [1.165, 1.54) is 21.4 Å². The highest BCUT2D eigenvalue weighted by atomic mass is 32.2. The number of aromatic nitrogens is 3. The second-order valence-corrected chi connectivity index (χ2v) is 7.07. The quantitative estimate of drug-likeness (QED) is 0.443. The van der Waals surface area contributed by atoms with E-state index in [2.05, 4.69) is 43.8 Å². The molecule has 3 heterocycles. The van der Waals surface area contributed by atoms with Crippen LogP contribution in [0, 0.1) is 0 Å². The molecule has 130 valence electrons. The molecule has 3 N–H and O–H groups in total. The molecular formula is C18H22N6S. The Hall–Kier alpha value is -2.09. The predicted molar refractivity (Wildman–Crippen MR) is 103 cm³/mol.